The summed E-state index contributed by atoms with van der Waals surface area (Å²) in [5, 5.41) is 0. The molecule has 2 aliphatic carbocycles. The second-order valence-corrected chi connectivity index (χ2v) is 21.4. The number of hydrogen-bond donors (Lipinski definition) is 0. The average Bonchev–Trinajstić information content (AvgIpc) is 3.42. The summed E-state index contributed by atoms with van der Waals surface area (Å²) in [4.78, 5) is 20.7. The van der Waals surface area contributed by atoms with Crippen molar-refractivity contribution in [2.75, 3.05) is 0 Å². The molecule has 0 unspecified atom stereocenters. The monoisotopic (exact) mass is 1010 g/mol. The standard InChI is InChI=1S/C58H61N4.Ir/c1-35-29-36(2)31-42(30-35)44-18-16-15-17-43(44)37-19-21-38(22-20-37)49-28-25-41(34-59-49)52-61-50(39-23-26-45-47(32-39)55(7,8)57(11,12)53(45,3)4)60-51(62-52)40-24-27-46-48(33-40)56(9,10)58(13,14)54(46,5)6;/h15-21,23-34H,1-14H3;/q-1;. The summed E-state index contributed by atoms with van der Waals surface area (Å²) in [5.74, 6) is 1.94. The molecule has 5 heteroatoms. The summed E-state index contributed by atoms with van der Waals surface area (Å²) in [5.41, 5.74) is 17.4. The minimum atomic E-state index is -0.0514. The van der Waals surface area contributed by atoms with E-state index in [1.54, 1.807) is 0 Å². The summed E-state index contributed by atoms with van der Waals surface area (Å²) in [6.07, 6.45) is 1.89. The predicted octanol–water partition coefficient (Wildman–Crippen LogP) is 14.9. The quantitative estimate of drug-likeness (QED) is 0.156. The van der Waals surface area contributed by atoms with Gasteiger partial charge in [-0.1, -0.05) is 184 Å². The summed E-state index contributed by atoms with van der Waals surface area (Å²) in [6, 6.07) is 43.1. The van der Waals surface area contributed by atoms with E-state index in [9.17, 15) is 0 Å². The molecular formula is C58H61IrN4-. The molecule has 0 bridgehead atoms. The van der Waals surface area contributed by atoms with E-state index >= 15 is 0 Å². The Balaban J connectivity index is 0.00000544. The van der Waals surface area contributed by atoms with Gasteiger partial charge in [0.05, 0.1) is 0 Å². The third-order valence-corrected chi connectivity index (χ3v) is 17.0. The molecule has 2 heterocycles. The Kier molecular flexibility index (Phi) is 10.6. The van der Waals surface area contributed by atoms with Crippen molar-refractivity contribution >= 4 is 0 Å². The Hall–Kier alpha value is -5.09. The van der Waals surface area contributed by atoms with Gasteiger partial charge in [0.1, 0.15) is 0 Å². The van der Waals surface area contributed by atoms with Crippen LogP contribution in [0.2, 0.25) is 0 Å². The fourth-order valence-corrected chi connectivity index (χ4v) is 10.7. The van der Waals surface area contributed by atoms with Gasteiger partial charge < -0.3 is 4.98 Å². The molecular weight excluding hydrogens is 945 g/mol. The second kappa shape index (κ2) is 15.0. The first-order valence-electron chi connectivity index (χ1n) is 22.3. The van der Waals surface area contributed by atoms with Crippen molar-refractivity contribution in [2.24, 2.45) is 10.8 Å². The Labute approximate surface area is 389 Å². The molecule has 0 N–H and O–H groups in total. The molecule has 0 fully saturated rings. The van der Waals surface area contributed by atoms with Crippen LogP contribution in [0.4, 0.5) is 0 Å². The van der Waals surface area contributed by atoms with Crippen molar-refractivity contribution in [3.63, 3.8) is 0 Å². The van der Waals surface area contributed by atoms with Crippen LogP contribution in [-0.2, 0) is 41.8 Å². The van der Waals surface area contributed by atoms with E-state index in [0.29, 0.717) is 17.5 Å². The van der Waals surface area contributed by atoms with Crippen LogP contribution in [0.3, 0.4) is 0 Å². The fourth-order valence-electron chi connectivity index (χ4n) is 10.7. The van der Waals surface area contributed by atoms with Crippen LogP contribution in [0, 0.1) is 30.7 Å². The van der Waals surface area contributed by atoms with Crippen LogP contribution in [0.15, 0.2) is 115 Å². The van der Waals surface area contributed by atoms with E-state index in [1.807, 2.05) is 6.20 Å². The summed E-state index contributed by atoms with van der Waals surface area (Å²) in [6.45, 7) is 33.0. The van der Waals surface area contributed by atoms with Crippen LogP contribution >= 0.6 is 0 Å². The topological polar surface area (TPSA) is 51.6 Å². The first-order valence-corrected chi connectivity index (χ1v) is 22.3. The van der Waals surface area contributed by atoms with Crippen LogP contribution in [0.1, 0.15) is 116 Å². The van der Waals surface area contributed by atoms with Gasteiger partial charge in [0.25, 0.3) is 0 Å². The van der Waals surface area contributed by atoms with Gasteiger partial charge >= 0.3 is 0 Å². The van der Waals surface area contributed by atoms with Crippen LogP contribution < -0.4 is 0 Å². The van der Waals surface area contributed by atoms with E-state index in [-0.39, 0.29) is 52.6 Å². The van der Waals surface area contributed by atoms with Crippen molar-refractivity contribution in [3.8, 4) is 67.7 Å². The molecule has 2 aromatic heterocycles. The smallest absolute Gasteiger partial charge is 0.165 e. The van der Waals surface area contributed by atoms with Crippen molar-refractivity contribution in [3.05, 3.63) is 155 Å². The van der Waals surface area contributed by atoms with E-state index in [4.69, 9.17) is 19.9 Å². The molecule has 0 aliphatic heterocycles. The molecule has 9 rings (SSSR count). The number of hydrogen-bond acceptors (Lipinski definition) is 4. The predicted molar refractivity (Wildman–Crippen MR) is 258 cm³/mol. The van der Waals surface area contributed by atoms with E-state index in [1.165, 1.54) is 50.1 Å². The minimum Gasteiger partial charge on any atom is -0.304 e. The number of rotatable bonds is 6. The van der Waals surface area contributed by atoms with Gasteiger partial charge in [-0.2, -0.15) is 0 Å². The van der Waals surface area contributed by atoms with Gasteiger partial charge in [-0.25, -0.2) is 15.0 Å². The maximum absolute atomic E-state index is 5.28. The number of aromatic nitrogens is 4. The largest absolute Gasteiger partial charge is 0.304 e. The molecule has 4 nitrogen and oxygen atoms in total. The number of aryl methyl sites for hydroxylation is 2. The van der Waals surface area contributed by atoms with Crippen molar-refractivity contribution < 1.29 is 20.1 Å². The maximum atomic E-state index is 5.28. The van der Waals surface area contributed by atoms with Gasteiger partial charge in [-0.15, -0.1) is 29.8 Å². The van der Waals surface area contributed by atoms with E-state index < -0.39 is 0 Å². The van der Waals surface area contributed by atoms with Gasteiger partial charge in [0.2, 0.25) is 0 Å². The van der Waals surface area contributed by atoms with Crippen molar-refractivity contribution in [1.82, 2.24) is 19.9 Å². The summed E-state index contributed by atoms with van der Waals surface area (Å²) >= 11 is 0. The summed E-state index contributed by atoms with van der Waals surface area (Å²) < 4.78 is 0. The number of benzene rings is 5. The second-order valence-electron chi connectivity index (χ2n) is 21.4. The Morgan fingerprint density at radius 1 is 0.413 bits per heavy atom. The number of nitrogens with zero attached hydrogens (tertiary/aromatic N) is 4. The molecule has 5 aromatic carbocycles. The molecule has 0 amide bonds. The van der Waals surface area contributed by atoms with Crippen molar-refractivity contribution in [1.29, 1.82) is 0 Å². The summed E-state index contributed by atoms with van der Waals surface area (Å²) in [7, 11) is 0. The van der Waals surface area contributed by atoms with Gasteiger partial charge in [-0.3, -0.25) is 0 Å². The number of pyridine rings is 1. The molecule has 323 valence electrons. The fraction of sp³-hybridized carbons (Fsp3) is 0.345. The third kappa shape index (κ3) is 6.71. The van der Waals surface area contributed by atoms with E-state index in [0.717, 1.165) is 33.5 Å². The molecule has 0 spiro atoms. The van der Waals surface area contributed by atoms with Crippen LogP contribution in [0.25, 0.3) is 67.7 Å². The maximum Gasteiger partial charge on any atom is 0.165 e. The average molecular weight is 1010 g/mol. The van der Waals surface area contributed by atoms with Gasteiger partial charge in [-0.05, 0) is 97.5 Å². The van der Waals surface area contributed by atoms with Gasteiger partial charge in [0, 0.05) is 43.0 Å². The molecule has 0 atom stereocenters. The molecule has 63 heavy (non-hydrogen) atoms. The molecule has 0 saturated heterocycles. The Bertz CT molecular complexity index is 2790. The number of fused-ring (bicyclic) bond motifs is 2. The molecule has 0 saturated carbocycles. The Morgan fingerprint density at radius 3 is 1.29 bits per heavy atom. The Morgan fingerprint density at radius 2 is 0.841 bits per heavy atom. The molecule has 2 aliphatic rings. The zero-order valence-electron chi connectivity index (χ0n) is 39.6. The van der Waals surface area contributed by atoms with Gasteiger partial charge in [0.15, 0.2) is 17.5 Å². The first kappa shape index (κ1) is 44.5. The SMILES string of the molecule is Cc1cc(C)cc(-c2ccccc2-c2c[c-]c(-c3ccc(-c4nc(-c5ccc6c(c5)C(C)(C)C(C)(C)C6(C)C)nc(-c5ccc6c(c5)C(C)(C)C(C)(C)C6(C)C)n4)cn3)cc2)c1.[Ir]. The first-order chi connectivity index (χ1) is 29.1. The third-order valence-electron chi connectivity index (χ3n) is 17.0. The zero-order chi connectivity index (χ0) is 44.4. The van der Waals surface area contributed by atoms with Crippen LogP contribution in [-0.4, -0.2) is 19.9 Å². The minimum absolute atomic E-state index is 0. The van der Waals surface area contributed by atoms with Crippen LogP contribution in [0.5, 0.6) is 0 Å². The van der Waals surface area contributed by atoms with E-state index in [2.05, 4.69) is 212 Å². The normalized spacial score (nSPS) is 18.0. The van der Waals surface area contributed by atoms with Crippen molar-refractivity contribution in [2.45, 2.75) is 119 Å². The zero-order valence-corrected chi connectivity index (χ0v) is 42.0. The molecule has 1 radical (unpaired) electrons. The molecule has 7 aromatic rings.